The van der Waals surface area contributed by atoms with Gasteiger partial charge in [-0.3, -0.25) is 4.79 Å². The van der Waals surface area contributed by atoms with Gasteiger partial charge in [0.15, 0.2) is 0 Å². The minimum absolute atomic E-state index is 0.0888. The first-order valence-electron chi connectivity index (χ1n) is 13.4. The zero-order valence-electron chi connectivity index (χ0n) is 21.8. The van der Waals surface area contributed by atoms with E-state index in [9.17, 15) is 4.79 Å². The first-order chi connectivity index (χ1) is 18.1. The maximum absolute atomic E-state index is 12.9. The molecule has 0 saturated heterocycles. The third kappa shape index (κ3) is 5.64. The fraction of sp³-hybridized carbons (Fsp3) is 0.303. The molecule has 1 amide bonds. The lowest BCUT2D eigenvalue weighted by molar-refractivity contribution is -0.116. The van der Waals surface area contributed by atoms with Crippen molar-refractivity contribution in [3.05, 3.63) is 107 Å². The molecule has 0 fully saturated rings. The van der Waals surface area contributed by atoms with Gasteiger partial charge in [0.1, 0.15) is 17.1 Å². The van der Waals surface area contributed by atoms with Crippen LogP contribution >= 0.6 is 0 Å². The lowest BCUT2D eigenvalue weighted by atomic mass is 9.88. The van der Waals surface area contributed by atoms with Crippen LogP contribution in [-0.2, 0) is 17.6 Å². The number of amides is 1. The molecule has 37 heavy (non-hydrogen) atoms. The van der Waals surface area contributed by atoms with Crippen molar-refractivity contribution in [1.29, 1.82) is 0 Å². The highest BCUT2D eigenvalue weighted by atomic mass is 16.5. The molecule has 1 aliphatic rings. The molecule has 0 saturated carbocycles. The van der Waals surface area contributed by atoms with Gasteiger partial charge in [0, 0.05) is 47.5 Å². The van der Waals surface area contributed by atoms with Crippen molar-refractivity contribution >= 4 is 22.4 Å². The monoisotopic (exact) mass is 493 g/mol. The molecule has 4 aromatic rings. The van der Waals surface area contributed by atoms with Crippen LogP contribution in [0.25, 0.3) is 16.5 Å². The third-order valence-corrected chi connectivity index (χ3v) is 7.27. The van der Waals surface area contributed by atoms with Crippen LogP contribution in [0.3, 0.4) is 0 Å². The molecule has 0 spiro atoms. The van der Waals surface area contributed by atoms with Crippen LogP contribution in [0.15, 0.2) is 83.3 Å². The summed E-state index contributed by atoms with van der Waals surface area (Å²) in [7, 11) is 0. The molecule has 1 heterocycles. The van der Waals surface area contributed by atoms with Crippen molar-refractivity contribution in [1.82, 2.24) is 5.32 Å². The van der Waals surface area contributed by atoms with Crippen LogP contribution in [0.5, 0.6) is 5.75 Å². The number of fused-ring (bicyclic) bond motifs is 3. The first kappa shape index (κ1) is 24.9. The first-order valence-corrected chi connectivity index (χ1v) is 13.4. The van der Waals surface area contributed by atoms with E-state index < -0.39 is 0 Å². The van der Waals surface area contributed by atoms with Crippen molar-refractivity contribution in [3.8, 4) is 5.75 Å². The number of aryl methyl sites for hydroxylation is 2. The summed E-state index contributed by atoms with van der Waals surface area (Å²) < 4.78 is 12.1. The van der Waals surface area contributed by atoms with Gasteiger partial charge in [-0.25, -0.2) is 0 Å². The SMILES string of the molecule is CCOc1cc2oc3c(c2cc1/C(C)=C/C(=O)NCCC(c1ccccc1)c1ccccc1)CCCC3. The van der Waals surface area contributed by atoms with E-state index >= 15 is 0 Å². The largest absolute Gasteiger partial charge is 0.493 e. The molecule has 0 radical (unpaired) electrons. The second-order valence-electron chi connectivity index (χ2n) is 9.77. The number of nitrogens with one attached hydrogen (secondary N) is 1. The van der Waals surface area contributed by atoms with E-state index in [0.717, 1.165) is 52.9 Å². The van der Waals surface area contributed by atoms with Gasteiger partial charge in [0.2, 0.25) is 5.91 Å². The Labute approximate surface area is 219 Å². The number of allylic oxidation sites excluding steroid dienone is 1. The lowest BCUT2D eigenvalue weighted by Crippen LogP contribution is -2.24. The zero-order valence-corrected chi connectivity index (χ0v) is 21.8. The summed E-state index contributed by atoms with van der Waals surface area (Å²) in [6.45, 7) is 5.09. The van der Waals surface area contributed by atoms with Crippen LogP contribution in [0.1, 0.15) is 67.0 Å². The van der Waals surface area contributed by atoms with Gasteiger partial charge >= 0.3 is 0 Å². The van der Waals surface area contributed by atoms with Crippen molar-refractivity contribution in [3.63, 3.8) is 0 Å². The number of hydrogen-bond acceptors (Lipinski definition) is 3. The Morgan fingerprint density at radius 3 is 2.35 bits per heavy atom. The number of hydrogen-bond donors (Lipinski definition) is 1. The standard InChI is InChI=1S/C33H35NO3/c1-3-36-31-22-32-29(27-16-10-11-17-30(27)37-32)21-28(31)23(2)20-33(35)34-19-18-26(24-12-6-4-7-13-24)25-14-8-5-9-15-25/h4-9,12-15,20-22,26H,3,10-11,16-19H2,1-2H3,(H,34,35)/b23-20+. The van der Waals surface area contributed by atoms with Crippen LogP contribution < -0.4 is 10.1 Å². The van der Waals surface area contributed by atoms with Crippen LogP contribution in [0.4, 0.5) is 0 Å². The maximum atomic E-state index is 12.9. The predicted molar refractivity (Wildman–Crippen MR) is 150 cm³/mol. The summed E-state index contributed by atoms with van der Waals surface area (Å²) >= 11 is 0. The summed E-state index contributed by atoms with van der Waals surface area (Å²) in [5, 5.41) is 4.26. The zero-order chi connectivity index (χ0) is 25.6. The second kappa shape index (κ2) is 11.5. The smallest absolute Gasteiger partial charge is 0.244 e. The third-order valence-electron chi connectivity index (χ3n) is 7.27. The molecule has 0 aliphatic heterocycles. The summed E-state index contributed by atoms with van der Waals surface area (Å²) in [4.78, 5) is 12.9. The topological polar surface area (TPSA) is 51.5 Å². The highest BCUT2D eigenvalue weighted by Gasteiger charge is 2.21. The Kier molecular flexibility index (Phi) is 7.74. The highest BCUT2D eigenvalue weighted by molar-refractivity contribution is 5.97. The van der Waals surface area contributed by atoms with Gasteiger partial charge < -0.3 is 14.5 Å². The van der Waals surface area contributed by atoms with Gasteiger partial charge in [0.25, 0.3) is 0 Å². The minimum Gasteiger partial charge on any atom is -0.493 e. The number of benzene rings is 3. The molecule has 1 aliphatic carbocycles. The van der Waals surface area contributed by atoms with Gasteiger partial charge in [0.05, 0.1) is 6.61 Å². The normalized spacial score (nSPS) is 13.5. The minimum atomic E-state index is -0.0888. The molecule has 0 bridgehead atoms. The van der Waals surface area contributed by atoms with E-state index in [4.69, 9.17) is 9.15 Å². The second-order valence-corrected chi connectivity index (χ2v) is 9.77. The maximum Gasteiger partial charge on any atom is 0.244 e. The molecular formula is C33H35NO3. The van der Waals surface area contributed by atoms with E-state index in [0.29, 0.717) is 13.2 Å². The molecule has 3 aromatic carbocycles. The fourth-order valence-electron chi connectivity index (χ4n) is 5.43. The molecule has 4 heteroatoms. The summed E-state index contributed by atoms with van der Waals surface area (Å²) in [5.74, 6) is 2.00. The average molecular weight is 494 g/mol. The summed E-state index contributed by atoms with van der Waals surface area (Å²) in [6.07, 6.45) is 6.91. The molecule has 190 valence electrons. The van der Waals surface area contributed by atoms with Gasteiger partial charge in [-0.2, -0.15) is 0 Å². The number of carbonyl (C=O) groups is 1. The Balaban J connectivity index is 1.33. The quantitative estimate of drug-likeness (QED) is 0.246. The van der Waals surface area contributed by atoms with Crippen molar-refractivity contribution in [2.45, 2.75) is 51.9 Å². The Morgan fingerprint density at radius 1 is 1.00 bits per heavy atom. The Hall–Kier alpha value is -3.79. The van der Waals surface area contributed by atoms with Crippen LogP contribution in [0, 0.1) is 0 Å². The molecule has 1 N–H and O–H groups in total. The van der Waals surface area contributed by atoms with Crippen molar-refractivity contribution < 1.29 is 13.9 Å². The molecule has 1 aromatic heterocycles. The van der Waals surface area contributed by atoms with Gasteiger partial charge in [-0.05, 0) is 62.3 Å². The van der Waals surface area contributed by atoms with E-state index in [1.807, 2.05) is 32.0 Å². The lowest BCUT2D eigenvalue weighted by Gasteiger charge is -2.18. The molecule has 5 rings (SSSR count). The Morgan fingerprint density at radius 2 is 1.68 bits per heavy atom. The molecule has 4 nitrogen and oxygen atoms in total. The van der Waals surface area contributed by atoms with Crippen LogP contribution in [-0.4, -0.2) is 19.1 Å². The van der Waals surface area contributed by atoms with E-state index in [1.165, 1.54) is 29.5 Å². The van der Waals surface area contributed by atoms with Gasteiger partial charge in [-0.1, -0.05) is 60.7 Å². The fourth-order valence-corrected chi connectivity index (χ4v) is 5.43. The number of ether oxygens (including phenoxy) is 1. The molecular weight excluding hydrogens is 458 g/mol. The van der Waals surface area contributed by atoms with Crippen molar-refractivity contribution in [2.24, 2.45) is 0 Å². The molecule has 0 atom stereocenters. The number of furan rings is 1. The van der Waals surface area contributed by atoms with Crippen LogP contribution in [0.2, 0.25) is 0 Å². The number of carbonyl (C=O) groups excluding carboxylic acids is 1. The van der Waals surface area contributed by atoms with Crippen molar-refractivity contribution in [2.75, 3.05) is 13.2 Å². The average Bonchev–Trinajstić information content (AvgIpc) is 3.29. The molecule has 0 unspecified atom stereocenters. The summed E-state index contributed by atoms with van der Waals surface area (Å²) in [5.41, 5.74) is 6.54. The van der Waals surface area contributed by atoms with E-state index in [2.05, 4.69) is 59.9 Å². The highest BCUT2D eigenvalue weighted by Crippen LogP contribution is 2.38. The summed E-state index contributed by atoms with van der Waals surface area (Å²) in [6, 6.07) is 25.1. The van der Waals surface area contributed by atoms with E-state index in [-0.39, 0.29) is 11.8 Å². The predicted octanol–water partition coefficient (Wildman–Crippen LogP) is 7.45. The number of rotatable bonds is 9. The van der Waals surface area contributed by atoms with E-state index in [1.54, 1.807) is 6.08 Å². The van der Waals surface area contributed by atoms with Gasteiger partial charge in [-0.15, -0.1) is 0 Å². The Bertz CT molecular complexity index is 1350.